The Morgan fingerprint density at radius 1 is 1.07 bits per heavy atom. The molecule has 0 amide bonds. The summed E-state index contributed by atoms with van der Waals surface area (Å²) in [6, 6.07) is 1.28. The molecule has 0 aliphatic carbocycles. The number of anilines is 2. The van der Waals surface area contributed by atoms with Crippen LogP contribution in [0.5, 0.6) is 0 Å². The van der Waals surface area contributed by atoms with Crippen molar-refractivity contribution in [1.29, 1.82) is 0 Å². The summed E-state index contributed by atoms with van der Waals surface area (Å²) in [4.78, 5) is 68.6. The van der Waals surface area contributed by atoms with E-state index in [0.717, 1.165) is 10.9 Å². The molecule has 0 aromatic carbocycles. The van der Waals surface area contributed by atoms with Crippen molar-refractivity contribution in [2.75, 3.05) is 31.3 Å². The number of esters is 1. The first kappa shape index (κ1) is 33.9. The molecule has 2 aliphatic rings. The zero-order valence-corrected chi connectivity index (χ0v) is 25.0. The third kappa shape index (κ3) is 7.57. The third-order valence-corrected chi connectivity index (χ3v) is 8.29. The molecule has 9 N–H and O–H groups in total. The number of imidazole rings is 1. The van der Waals surface area contributed by atoms with E-state index in [1.165, 1.54) is 23.2 Å². The second kappa shape index (κ2) is 13.4. The van der Waals surface area contributed by atoms with Gasteiger partial charge in [0.2, 0.25) is 0 Å². The van der Waals surface area contributed by atoms with Crippen molar-refractivity contribution in [1.82, 2.24) is 29.1 Å². The zero-order valence-electron chi connectivity index (χ0n) is 23.2. The molecule has 5 heterocycles. The lowest BCUT2D eigenvalue weighted by Crippen LogP contribution is -2.39. The normalized spacial score (nSPS) is 28.0. The molecule has 0 spiro atoms. The van der Waals surface area contributed by atoms with E-state index in [-0.39, 0.29) is 29.2 Å². The Hall–Kier alpha value is -3.44. The van der Waals surface area contributed by atoms with E-state index < -0.39 is 90.1 Å². The summed E-state index contributed by atoms with van der Waals surface area (Å²) < 4.78 is 57.9. The maximum absolute atomic E-state index is 13.1. The van der Waals surface area contributed by atoms with Gasteiger partial charge in [0.25, 0.3) is 0 Å². The summed E-state index contributed by atoms with van der Waals surface area (Å²) >= 11 is 0. The molecule has 25 heteroatoms. The minimum absolute atomic E-state index is 0.0258. The van der Waals surface area contributed by atoms with Crippen molar-refractivity contribution in [2.24, 2.45) is 0 Å². The highest BCUT2D eigenvalue weighted by atomic mass is 31.2. The monoisotopic (exact) mass is 694 g/mol. The Bertz CT molecular complexity index is 1730. The van der Waals surface area contributed by atoms with Gasteiger partial charge in [0, 0.05) is 12.6 Å². The van der Waals surface area contributed by atoms with Gasteiger partial charge in [-0.2, -0.15) is 4.98 Å². The quantitative estimate of drug-likeness (QED) is 0.0749. The summed E-state index contributed by atoms with van der Waals surface area (Å²) in [6.45, 7) is -2.72. The molecule has 0 bridgehead atoms. The predicted octanol–water partition coefficient (Wildman–Crippen LogP) is -2.69. The molecule has 2 aliphatic heterocycles. The van der Waals surface area contributed by atoms with Crippen molar-refractivity contribution >= 4 is 44.4 Å². The van der Waals surface area contributed by atoms with Crippen LogP contribution in [0, 0.1) is 0 Å². The molecule has 46 heavy (non-hydrogen) atoms. The Morgan fingerprint density at radius 3 is 2.50 bits per heavy atom. The number of phosphoric ester groups is 2. The number of nitrogen functional groups attached to an aromatic ring is 2. The number of carbonyl (C=O) groups is 1. The number of hydrogen-bond acceptors (Lipinski definition) is 18. The minimum atomic E-state index is -5.11. The maximum Gasteiger partial charge on any atom is 0.472 e. The van der Waals surface area contributed by atoms with E-state index in [2.05, 4.69) is 24.5 Å². The molecule has 2 saturated heterocycles. The van der Waals surface area contributed by atoms with Crippen LogP contribution in [0.25, 0.3) is 11.2 Å². The molecular formula is C21H28N8O15P2. The van der Waals surface area contributed by atoms with Gasteiger partial charge in [0.05, 0.1) is 19.5 Å². The first-order valence-corrected chi connectivity index (χ1v) is 16.1. The molecule has 2 unspecified atom stereocenters. The Balaban J connectivity index is 1.32. The molecule has 8 atom stereocenters. The van der Waals surface area contributed by atoms with Crippen LogP contribution in [-0.2, 0) is 41.7 Å². The molecule has 252 valence electrons. The van der Waals surface area contributed by atoms with Crippen molar-refractivity contribution in [3.63, 3.8) is 0 Å². The van der Waals surface area contributed by atoms with Gasteiger partial charge in [-0.15, -0.1) is 0 Å². The van der Waals surface area contributed by atoms with Crippen LogP contribution < -0.4 is 17.2 Å². The number of ether oxygens (including phenoxy) is 3. The lowest BCUT2D eigenvalue weighted by molar-refractivity contribution is -0.159. The molecule has 3 aromatic heterocycles. The number of phosphoric acid groups is 2. The number of aliphatic hydroxyl groups is 2. The van der Waals surface area contributed by atoms with Crippen LogP contribution in [0.1, 0.15) is 18.9 Å². The molecule has 3 aromatic rings. The topological polar surface area (TPSA) is 338 Å². The molecule has 0 radical (unpaired) electrons. The highest BCUT2D eigenvalue weighted by Gasteiger charge is 2.49. The predicted molar refractivity (Wildman–Crippen MR) is 147 cm³/mol. The third-order valence-electron chi connectivity index (χ3n) is 6.79. The number of aliphatic hydroxyl groups excluding tert-OH is 2. The van der Waals surface area contributed by atoms with Gasteiger partial charge >= 0.3 is 27.3 Å². The summed E-state index contributed by atoms with van der Waals surface area (Å²) in [5.74, 6) is -1.22. The van der Waals surface area contributed by atoms with Crippen LogP contribution >= 0.6 is 15.6 Å². The van der Waals surface area contributed by atoms with Gasteiger partial charge in [0.1, 0.15) is 54.9 Å². The van der Waals surface area contributed by atoms with Crippen molar-refractivity contribution in [3.05, 3.63) is 35.4 Å². The van der Waals surface area contributed by atoms with Crippen LogP contribution in [0.3, 0.4) is 0 Å². The summed E-state index contributed by atoms with van der Waals surface area (Å²) in [6.07, 6.45) is -6.72. The molecular weight excluding hydrogens is 666 g/mol. The lowest BCUT2D eigenvalue weighted by Gasteiger charge is -2.23. The van der Waals surface area contributed by atoms with E-state index in [1.807, 2.05) is 0 Å². The lowest BCUT2D eigenvalue weighted by atomic mass is 10.1. The number of aromatic nitrogens is 6. The summed E-state index contributed by atoms with van der Waals surface area (Å²) in [7, 11) is -10.1. The Labute approximate surface area is 256 Å². The standard InChI is InChI=1S/C21H28N8O15P2/c22-12-1-2-28(21(33)27-12)13-3-9(10(41-13)5-39-45(34,35)36)44-46(37,38)40-6-11-17(43-14(31)4-30)16(32)20(42-11)29-8-26-15-18(23)24-7-25-19(15)29/h1-2,7-11,13,16-17,20,30,32H,3-6H2,(H,37,38)(H2,22,27,33)(H2,23,24,25)(H2,34,35,36)/t9-,10+,11?,13+,16+,17+,20+/m0/s1. The first-order chi connectivity index (χ1) is 21.7. The van der Waals surface area contributed by atoms with Gasteiger partial charge < -0.3 is 50.6 Å². The maximum atomic E-state index is 13.1. The number of carbonyl (C=O) groups excluding carboxylic acids is 1. The van der Waals surface area contributed by atoms with Crippen LogP contribution in [0.15, 0.2) is 29.7 Å². The van der Waals surface area contributed by atoms with Gasteiger partial charge in [0.15, 0.2) is 23.8 Å². The van der Waals surface area contributed by atoms with E-state index in [0.29, 0.717) is 0 Å². The van der Waals surface area contributed by atoms with Crippen molar-refractivity contribution < 1.29 is 66.6 Å². The van der Waals surface area contributed by atoms with Crippen LogP contribution in [-0.4, -0.2) is 110 Å². The van der Waals surface area contributed by atoms with E-state index in [9.17, 15) is 33.8 Å². The number of rotatable bonds is 12. The fraction of sp³-hybridized carbons (Fsp3) is 0.524. The smallest absolute Gasteiger partial charge is 0.455 e. The average Bonchev–Trinajstić information content (AvgIpc) is 3.66. The fourth-order valence-corrected chi connectivity index (χ4v) is 6.09. The van der Waals surface area contributed by atoms with Gasteiger partial charge in [-0.25, -0.2) is 33.7 Å². The number of nitrogens with zero attached hydrogens (tertiary/aromatic N) is 6. The highest BCUT2D eigenvalue weighted by molar-refractivity contribution is 7.47. The van der Waals surface area contributed by atoms with Crippen molar-refractivity contribution in [2.45, 2.75) is 49.4 Å². The Kier molecular flexibility index (Phi) is 9.84. The first-order valence-electron chi connectivity index (χ1n) is 13.1. The zero-order chi connectivity index (χ0) is 33.4. The number of fused-ring (bicyclic) bond motifs is 1. The summed E-state index contributed by atoms with van der Waals surface area (Å²) in [5.41, 5.74) is 10.8. The largest absolute Gasteiger partial charge is 0.472 e. The fourth-order valence-electron chi connectivity index (χ4n) is 4.79. The molecule has 0 saturated carbocycles. The highest BCUT2D eigenvalue weighted by Crippen LogP contribution is 2.50. The number of nitrogens with two attached hydrogens (primary N) is 2. The Morgan fingerprint density at radius 2 is 1.80 bits per heavy atom. The minimum Gasteiger partial charge on any atom is -0.455 e. The second-order valence-electron chi connectivity index (χ2n) is 9.85. The van der Waals surface area contributed by atoms with Crippen LogP contribution in [0.4, 0.5) is 11.6 Å². The van der Waals surface area contributed by atoms with Gasteiger partial charge in [-0.3, -0.25) is 22.7 Å². The van der Waals surface area contributed by atoms with E-state index in [4.69, 9.17) is 44.5 Å². The SMILES string of the molecule is Nc1ccn([C@H]2C[C@H](OP(=O)(O)OCC3O[C@@H](n4cnc5c(N)ncnc54)[C@H](O)[C@@H]3OC(=O)CO)[C@@H](COP(=O)(O)O)O2)c(=O)n1. The summed E-state index contributed by atoms with van der Waals surface area (Å²) in [5, 5.41) is 20.2. The second-order valence-corrected chi connectivity index (χ2v) is 12.5. The van der Waals surface area contributed by atoms with E-state index in [1.54, 1.807) is 0 Å². The average molecular weight is 694 g/mol. The van der Waals surface area contributed by atoms with Crippen molar-refractivity contribution in [3.8, 4) is 0 Å². The number of hydrogen-bond donors (Lipinski definition) is 7. The van der Waals surface area contributed by atoms with Crippen LogP contribution in [0.2, 0.25) is 0 Å². The van der Waals surface area contributed by atoms with Gasteiger partial charge in [-0.1, -0.05) is 0 Å². The molecule has 2 fully saturated rings. The molecule has 5 rings (SSSR count). The van der Waals surface area contributed by atoms with E-state index >= 15 is 0 Å². The van der Waals surface area contributed by atoms with Gasteiger partial charge in [-0.05, 0) is 6.07 Å². The molecule has 23 nitrogen and oxygen atoms in total.